The van der Waals surface area contributed by atoms with E-state index >= 15 is 0 Å². The highest BCUT2D eigenvalue weighted by molar-refractivity contribution is 6.18. The lowest BCUT2D eigenvalue weighted by Crippen LogP contribution is -2.19. The zero-order valence-corrected chi connectivity index (χ0v) is 11.3. The van der Waals surface area contributed by atoms with E-state index in [4.69, 9.17) is 32.7 Å². The summed E-state index contributed by atoms with van der Waals surface area (Å²) < 4.78 is 10.6. The minimum Gasteiger partial charge on any atom is -0.491 e. The molecule has 102 valence electrons. The molecule has 0 aromatic heterocycles. The molecule has 0 saturated carbocycles. The minimum atomic E-state index is -0.679. The van der Waals surface area contributed by atoms with Gasteiger partial charge in [0.2, 0.25) is 0 Å². The fourth-order valence-electron chi connectivity index (χ4n) is 1.11. The number of benzene rings is 1. The summed E-state index contributed by atoms with van der Waals surface area (Å²) in [7, 11) is 0. The van der Waals surface area contributed by atoms with Crippen LogP contribution in [0.4, 0.5) is 0 Å². The summed E-state index contributed by atoms with van der Waals surface area (Å²) in [5.41, 5.74) is 0. The van der Waals surface area contributed by atoms with E-state index in [1.807, 2.05) is 0 Å². The molecule has 2 atom stereocenters. The van der Waals surface area contributed by atoms with E-state index in [-0.39, 0.29) is 25.0 Å². The Morgan fingerprint density at radius 3 is 1.44 bits per heavy atom. The van der Waals surface area contributed by atoms with E-state index < -0.39 is 12.2 Å². The van der Waals surface area contributed by atoms with Crippen LogP contribution < -0.4 is 9.47 Å². The van der Waals surface area contributed by atoms with Gasteiger partial charge in [-0.3, -0.25) is 0 Å². The zero-order valence-electron chi connectivity index (χ0n) is 9.76. The Bertz CT molecular complexity index is 298. The van der Waals surface area contributed by atoms with Gasteiger partial charge in [-0.1, -0.05) is 0 Å². The van der Waals surface area contributed by atoms with Crippen LogP contribution in [0.1, 0.15) is 0 Å². The summed E-state index contributed by atoms with van der Waals surface area (Å²) in [5.74, 6) is 1.50. The summed E-state index contributed by atoms with van der Waals surface area (Å²) in [6.45, 7) is 0.295. The van der Waals surface area contributed by atoms with Gasteiger partial charge in [0, 0.05) is 0 Å². The maximum absolute atomic E-state index is 9.22. The summed E-state index contributed by atoms with van der Waals surface area (Å²) in [6, 6.07) is 6.85. The second-order valence-corrected chi connectivity index (χ2v) is 4.33. The standard InChI is InChI=1S/C12H16Cl2O4/c13-5-9(15)7-17-11-1-2-12(4-3-11)18-8-10(16)6-14/h1-4,9-10,15-16H,5-8H2. The highest BCUT2D eigenvalue weighted by Gasteiger charge is 2.05. The van der Waals surface area contributed by atoms with Crippen molar-refractivity contribution < 1.29 is 19.7 Å². The lowest BCUT2D eigenvalue weighted by molar-refractivity contribution is 0.123. The van der Waals surface area contributed by atoms with Crippen LogP contribution in [0.15, 0.2) is 24.3 Å². The zero-order chi connectivity index (χ0) is 13.4. The van der Waals surface area contributed by atoms with Crippen LogP contribution >= 0.6 is 23.2 Å². The third-order valence-electron chi connectivity index (χ3n) is 2.06. The van der Waals surface area contributed by atoms with Gasteiger partial charge in [-0.25, -0.2) is 0 Å². The van der Waals surface area contributed by atoms with Crippen molar-refractivity contribution in [2.45, 2.75) is 12.2 Å². The summed E-state index contributed by atoms with van der Waals surface area (Å²) >= 11 is 10.9. The first-order chi connectivity index (χ1) is 8.65. The summed E-state index contributed by atoms with van der Waals surface area (Å²) in [4.78, 5) is 0. The van der Waals surface area contributed by atoms with Crippen LogP contribution in [-0.4, -0.2) is 47.4 Å². The molecule has 0 fully saturated rings. The van der Waals surface area contributed by atoms with Gasteiger partial charge in [-0.05, 0) is 24.3 Å². The molecule has 4 nitrogen and oxygen atoms in total. The lowest BCUT2D eigenvalue weighted by Gasteiger charge is -2.11. The van der Waals surface area contributed by atoms with Gasteiger partial charge in [0.1, 0.15) is 36.9 Å². The first-order valence-corrected chi connectivity index (χ1v) is 6.56. The number of aliphatic hydroxyl groups is 2. The van der Waals surface area contributed by atoms with Crippen molar-refractivity contribution in [3.8, 4) is 11.5 Å². The molecule has 2 N–H and O–H groups in total. The molecule has 6 heteroatoms. The fraction of sp³-hybridized carbons (Fsp3) is 0.500. The molecule has 18 heavy (non-hydrogen) atoms. The number of alkyl halides is 2. The Labute approximate surface area is 116 Å². The van der Waals surface area contributed by atoms with Gasteiger partial charge in [-0.15, -0.1) is 23.2 Å². The van der Waals surface area contributed by atoms with Gasteiger partial charge in [0.25, 0.3) is 0 Å². The Morgan fingerprint density at radius 2 is 1.17 bits per heavy atom. The number of halogens is 2. The minimum absolute atomic E-state index is 0.136. The van der Waals surface area contributed by atoms with E-state index in [0.717, 1.165) is 0 Å². The van der Waals surface area contributed by atoms with Crippen molar-refractivity contribution >= 4 is 23.2 Å². The van der Waals surface area contributed by atoms with E-state index in [0.29, 0.717) is 11.5 Å². The number of hydrogen-bond donors (Lipinski definition) is 2. The molecule has 0 radical (unpaired) electrons. The van der Waals surface area contributed by atoms with Crippen molar-refractivity contribution in [1.29, 1.82) is 0 Å². The topological polar surface area (TPSA) is 58.9 Å². The van der Waals surface area contributed by atoms with Gasteiger partial charge in [-0.2, -0.15) is 0 Å². The van der Waals surface area contributed by atoms with E-state index in [9.17, 15) is 10.2 Å². The van der Waals surface area contributed by atoms with Crippen LogP contribution in [0.3, 0.4) is 0 Å². The Morgan fingerprint density at radius 1 is 0.833 bits per heavy atom. The SMILES string of the molecule is OC(CCl)COc1ccc(OCC(O)CCl)cc1. The monoisotopic (exact) mass is 294 g/mol. The summed E-state index contributed by atoms with van der Waals surface area (Å²) in [5, 5.41) is 18.4. The van der Waals surface area contributed by atoms with Gasteiger partial charge in [0.05, 0.1) is 11.8 Å². The van der Waals surface area contributed by atoms with Crippen molar-refractivity contribution in [2.24, 2.45) is 0 Å². The maximum atomic E-state index is 9.22. The van der Waals surface area contributed by atoms with Crippen LogP contribution in [0.5, 0.6) is 11.5 Å². The fourth-order valence-corrected chi connectivity index (χ4v) is 1.28. The molecule has 2 unspecified atom stereocenters. The molecular weight excluding hydrogens is 279 g/mol. The average molecular weight is 295 g/mol. The molecule has 0 aliphatic carbocycles. The van der Waals surface area contributed by atoms with Crippen LogP contribution in [-0.2, 0) is 0 Å². The van der Waals surface area contributed by atoms with Crippen molar-refractivity contribution in [2.75, 3.05) is 25.0 Å². The van der Waals surface area contributed by atoms with Crippen LogP contribution in [0, 0.1) is 0 Å². The molecule has 1 aromatic carbocycles. The molecular formula is C12H16Cl2O4. The van der Waals surface area contributed by atoms with E-state index in [1.165, 1.54) is 0 Å². The van der Waals surface area contributed by atoms with Crippen molar-refractivity contribution in [3.05, 3.63) is 24.3 Å². The van der Waals surface area contributed by atoms with Crippen LogP contribution in [0.25, 0.3) is 0 Å². The van der Waals surface area contributed by atoms with Crippen molar-refractivity contribution in [1.82, 2.24) is 0 Å². The normalized spacial score (nSPS) is 14.0. The molecule has 0 bridgehead atoms. The quantitative estimate of drug-likeness (QED) is 0.716. The molecule has 0 aliphatic heterocycles. The molecule has 0 spiro atoms. The van der Waals surface area contributed by atoms with E-state index in [1.54, 1.807) is 24.3 Å². The third-order valence-corrected chi connectivity index (χ3v) is 2.78. The third kappa shape index (κ3) is 5.78. The smallest absolute Gasteiger partial charge is 0.119 e. The number of hydrogen-bond acceptors (Lipinski definition) is 4. The first-order valence-electron chi connectivity index (χ1n) is 5.49. The molecule has 0 heterocycles. The van der Waals surface area contributed by atoms with Crippen LogP contribution in [0.2, 0.25) is 0 Å². The predicted molar refractivity (Wildman–Crippen MR) is 70.9 cm³/mol. The van der Waals surface area contributed by atoms with Gasteiger partial charge < -0.3 is 19.7 Å². The molecule has 1 aromatic rings. The molecule has 0 saturated heterocycles. The predicted octanol–water partition coefficient (Wildman–Crippen LogP) is 1.64. The Hall–Kier alpha value is -0.680. The molecule has 1 rings (SSSR count). The summed E-state index contributed by atoms with van der Waals surface area (Å²) in [6.07, 6.45) is -1.36. The number of rotatable bonds is 8. The molecule has 0 aliphatic rings. The lowest BCUT2D eigenvalue weighted by atomic mass is 10.3. The second kappa shape index (κ2) is 8.43. The number of ether oxygens (including phenoxy) is 2. The highest BCUT2D eigenvalue weighted by atomic mass is 35.5. The largest absolute Gasteiger partial charge is 0.491 e. The van der Waals surface area contributed by atoms with Gasteiger partial charge >= 0.3 is 0 Å². The first kappa shape index (κ1) is 15.4. The average Bonchev–Trinajstić information content (AvgIpc) is 2.43. The maximum Gasteiger partial charge on any atom is 0.119 e. The second-order valence-electron chi connectivity index (χ2n) is 3.71. The van der Waals surface area contributed by atoms with Crippen molar-refractivity contribution in [3.63, 3.8) is 0 Å². The Balaban J connectivity index is 2.37. The van der Waals surface area contributed by atoms with Gasteiger partial charge in [0.15, 0.2) is 0 Å². The molecule has 0 amide bonds. The Kier molecular flexibility index (Phi) is 7.20. The van der Waals surface area contributed by atoms with E-state index in [2.05, 4.69) is 0 Å². The number of aliphatic hydroxyl groups excluding tert-OH is 2. The highest BCUT2D eigenvalue weighted by Crippen LogP contribution is 2.18.